The van der Waals surface area contributed by atoms with E-state index in [-0.39, 0.29) is 18.0 Å². The Morgan fingerprint density at radius 3 is 2.78 bits per heavy atom. The fourth-order valence-electron chi connectivity index (χ4n) is 4.11. The molecule has 2 aliphatic rings. The van der Waals surface area contributed by atoms with Gasteiger partial charge in [-0.15, -0.1) is 0 Å². The van der Waals surface area contributed by atoms with Crippen LogP contribution >= 0.6 is 0 Å². The topological polar surface area (TPSA) is 73.1 Å². The zero-order valence-electron chi connectivity index (χ0n) is 16.8. The van der Waals surface area contributed by atoms with Gasteiger partial charge in [0, 0.05) is 38.6 Å². The Hall–Kier alpha value is -2.02. The lowest BCUT2D eigenvalue weighted by atomic mass is 10.1. The van der Waals surface area contributed by atoms with E-state index in [9.17, 15) is 4.79 Å². The van der Waals surface area contributed by atoms with Gasteiger partial charge < -0.3 is 20.0 Å². The van der Waals surface area contributed by atoms with Crippen LogP contribution in [-0.2, 0) is 4.79 Å². The number of amides is 1. The number of hydrogen-bond acceptors (Lipinski definition) is 4. The monoisotopic (exact) mass is 375 g/mol. The standard InChI is InChI=1S/C20H33N5O2/c1-21-20(22-13-17(24(2)3)18-9-6-12-27-18)23-16-10-11-25(14-16)19(26)15-7-4-5-8-15/h6,9,12,15-17H,4-5,7-8,10-11,13-14H2,1-3H3,(H2,21,22,23). The molecule has 150 valence electrons. The maximum atomic E-state index is 12.6. The van der Waals surface area contributed by atoms with E-state index in [1.165, 1.54) is 12.8 Å². The van der Waals surface area contributed by atoms with E-state index in [1.54, 1.807) is 13.3 Å². The second-order valence-corrected chi connectivity index (χ2v) is 7.84. The van der Waals surface area contributed by atoms with Gasteiger partial charge in [0.2, 0.25) is 5.91 Å². The number of nitrogens with zero attached hydrogens (tertiary/aromatic N) is 3. The van der Waals surface area contributed by atoms with E-state index >= 15 is 0 Å². The molecular weight excluding hydrogens is 342 g/mol. The second kappa shape index (κ2) is 9.26. The van der Waals surface area contributed by atoms with Crippen molar-refractivity contribution < 1.29 is 9.21 Å². The molecule has 7 nitrogen and oxygen atoms in total. The van der Waals surface area contributed by atoms with Crippen LogP contribution in [0.15, 0.2) is 27.8 Å². The van der Waals surface area contributed by atoms with Gasteiger partial charge in [-0.3, -0.25) is 14.7 Å². The van der Waals surface area contributed by atoms with Crippen molar-refractivity contribution in [3.63, 3.8) is 0 Å². The summed E-state index contributed by atoms with van der Waals surface area (Å²) in [7, 11) is 5.85. The van der Waals surface area contributed by atoms with Gasteiger partial charge in [-0.1, -0.05) is 12.8 Å². The second-order valence-electron chi connectivity index (χ2n) is 7.84. The molecule has 2 unspecified atom stereocenters. The maximum absolute atomic E-state index is 12.6. The van der Waals surface area contributed by atoms with Crippen LogP contribution in [0.5, 0.6) is 0 Å². The van der Waals surface area contributed by atoms with Crippen molar-refractivity contribution in [3.05, 3.63) is 24.2 Å². The smallest absolute Gasteiger partial charge is 0.225 e. The van der Waals surface area contributed by atoms with Crippen molar-refractivity contribution in [1.82, 2.24) is 20.4 Å². The van der Waals surface area contributed by atoms with Crippen molar-refractivity contribution in [2.45, 2.75) is 44.2 Å². The normalized spacial score (nSPS) is 22.4. The third kappa shape index (κ3) is 5.03. The van der Waals surface area contributed by atoms with Crippen LogP contribution in [-0.4, -0.2) is 68.5 Å². The summed E-state index contributed by atoms with van der Waals surface area (Å²) in [5.74, 6) is 2.31. The number of likely N-dealkylation sites (tertiary alicyclic amines) is 1. The highest BCUT2D eigenvalue weighted by Crippen LogP contribution is 2.27. The minimum Gasteiger partial charge on any atom is -0.468 e. The van der Waals surface area contributed by atoms with Crippen molar-refractivity contribution in [3.8, 4) is 0 Å². The first-order chi connectivity index (χ1) is 13.1. The Bertz CT molecular complexity index is 622. The van der Waals surface area contributed by atoms with Crippen LogP contribution in [0.4, 0.5) is 0 Å². The average Bonchev–Trinajstić information content (AvgIpc) is 3.41. The van der Waals surface area contributed by atoms with Crippen molar-refractivity contribution in [2.24, 2.45) is 10.9 Å². The predicted octanol–water partition coefficient (Wildman–Crippen LogP) is 1.84. The molecule has 1 saturated heterocycles. The Balaban J connectivity index is 1.48. The van der Waals surface area contributed by atoms with Crippen molar-refractivity contribution in [1.29, 1.82) is 0 Å². The zero-order valence-corrected chi connectivity index (χ0v) is 16.8. The maximum Gasteiger partial charge on any atom is 0.225 e. The molecule has 0 radical (unpaired) electrons. The highest BCUT2D eigenvalue weighted by Gasteiger charge is 2.32. The number of aliphatic imine (C=N–C) groups is 1. The number of guanidine groups is 1. The highest BCUT2D eigenvalue weighted by atomic mass is 16.3. The molecule has 7 heteroatoms. The van der Waals surface area contributed by atoms with Crippen LogP contribution in [0, 0.1) is 5.92 Å². The average molecular weight is 376 g/mol. The molecule has 1 aliphatic heterocycles. The summed E-state index contributed by atoms with van der Waals surface area (Å²) >= 11 is 0. The summed E-state index contributed by atoms with van der Waals surface area (Å²) in [4.78, 5) is 21.1. The third-order valence-electron chi connectivity index (χ3n) is 5.73. The Morgan fingerprint density at radius 1 is 1.37 bits per heavy atom. The summed E-state index contributed by atoms with van der Waals surface area (Å²) in [6, 6.07) is 4.28. The molecule has 1 aliphatic carbocycles. The van der Waals surface area contributed by atoms with E-state index < -0.39 is 0 Å². The van der Waals surface area contributed by atoms with Gasteiger partial charge in [0.1, 0.15) is 5.76 Å². The van der Waals surface area contributed by atoms with E-state index in [0.717, 1.165) is 44.1 Å². The van der Waals surface area contributed by atoms with Gasteiger partial charge in [-0.2, -0.15) is 0 Å². The minimum atomic E-state index is 0.127. The van der Waals surface area contributed by atoms with E-state index in [2.05, 4.69) is 20.5 Å². The number of carbonyl (C=O) groups excluding carboxylic acids is 1. The fourth-order valence-corrected chi connectivity index (χ4v) is 4.11. The Labute approximate surface area is 162 Å². The molecule has 1 aromatic heterocycles. The molecule has 3 rings (SSSR count). The molecular formula is C20H33N5O2. The quantitative estimate of drug-likeness (QED) is 0.586. The molecule has 0 bridgehead atoms. The Kier molecular flexibility index (Phi) is 6.77. The van der Waals surface area contributed by atoms with Gasteiger partial charge in [-0.05, 0) is 45.5 Å². The van der Waals surface area contributed by atoms with Gasteiger partial charge >= 0.3 is 0 Å². The third-order valence-corrected chi connectivity index (χ3v) is 5.73. The first-order valence-corrected chi connectivity index (χ1v) is 10.0. The van der Waals surface area contributed by atoms with Gasteiger partial charge in [0.05, 0.1) is 12.3 Å². The molecule has 0 aromatic carbocycles. The molecule has 0 spiro atoms. The first kappa shape index (κ1) is 19.7. The minimum absolute atomic E-state index is 0.127. The summed E-state index contributed by atoms with van der Waals surface area (Å²) < 4.78 is 5.56. The lowest BCUT2D eigenvalue weighted by Gasteiger charge is -2.25. The van der Waals surface area contributed by atoms with E-state index in [0.29, 0.717) is 12.5 Å². The fraction of sp³-hybridized carbons (Fsp3) is 0.700. The first-order valence-electron chi connectivity index (χ1n) is 10.0. The summed E-state index contributed by atoms with van der Waals surface area (Å²) in [6.07, 6.45) is 7.20. The predicted molar refractivity (Wildman–Crippen MR) is 107 cm³/mol. The summed E-state index contributed by atoms with van der Waals surface area (Å²) in [5.41, 5.74) is 0. The number of furan rings is 1. The lowest BCUT2D eigenvalue weighted by molar-refractivity contribution is -0.134. The Morgan fingerprint density at radius 2 is 2.15 bits per heavy atom. The van der Waals surface area contributed by atoms with E-state index in [1.807, 2.05) is 31.1 Å². The molecule has 27 heavy (non-hydrogen) atoms. The molecule has 2 N–H and O–H groups in total. The number of likely N-dealkylation sites (N-methyl/N-ethyl adjacent to an activating group) is 1. The molecule has 2 atom stereocenters. The van der Waals surface area contributed by atoms with Gasteiger partial charge in [-0.25, -0.2) is 0 Å². The molecule has 1 amide bonds. The SMILES string of the molecule is CN=C(NCC(c1ccco1)N(C)C)NC1CCN(C(=O)C2CCCC2)C1. The molecule has 2 heterocycles. The van der Waals surface area contributed by atoms with Crippen molar-refractivity contribution >= 4 is 11.9 Å². The van der Waals surface area contributed by atoms with Crippen LogP contribution in [0.2, 0.25) is 0 Å². The molecule has 1 saturated carbocycles. The van der Waals surface area contributed by atoms with Crippen LogP contribution in [0.3, 0.4) is 0 Å². The number of hydrogen-bond donors (Lipinski definition) is 2. The van der Waals surface area contributed by atoms with Crippen molar-refractivity contribution in [2.75, 3.05) is 40.8 Å². The highest BCUT2D eigenvalue weighted by molar-refractivity contribution is 5.81. The van der Waals surface area contributed by atoms with E-state index in [4.69, 9.17) is 4.42 Å². The molecule has 1 aromatic rings. The van der Waals surface area contributed by atoms with Crippen LogP contribution in [0.1, 0.15) is 43.9 Å². The largest absolute Gasteiger partial charge is 0.468 e. The zero-order chi connectivity index (χ0) is 19.2. The number of carbonyl (C=O) groups is 1. The number of nitrogens with one attached hydrogen (secondary N) is 2. The van der Waals surface area contributed by atoms with Gasteiger partial charge in [0.15, 0.2) is 5.96 Å². The molecule has 2 fully saturated rings. The van der Waals surface area contributed by atoms with Crippen LogP contribution in [0.25, 0.3) is 0 Å². The number of rotatable bonds is 6. The summed E-state index contributed by atoms with van der Waals surface area (Å²) in [6.45, 7) is 2.31. The van der Waals surface area contributed by atoms with Gasteiger partial charge in [0.25, 0.3) is 0 Å². The summed E-state index contributed by atoms with van der Waals surface area (Å²) in [5, 5.41) is 6.88. The van der Waals surface area contributed by atoms with Crippen LogP contribution < -0.4 is 10.6 Å². The lowest BCUT2D eigenvalue weighted by Crippen LogP contribution is -2.47.